The van der Waals surface area contributed by atoms with Crippen LogP contribution >= 0.6 is 24.0 Å². The summed E-state index contributed by atoms with van der Waals surface area (Å²) >= 11 is 5.89. The first kappa shape index (κ1) is 18.2. The van der Waals surface area contributed by atoms with Gasteiger partial charge in [-0.05, 0) is 36.4 Å². The van der Waals surface area contributed by atoms with Crippen LogP contribution < -0.4 is 0 Å². The Bertz CT molecular complexity index is 932. The number of hydrogen-bond donors (Lipinski definition) is 1. The molecule has 0 atom stereocenters. The number of imidazole rings is 1. The second kappa shape index (κ2) is 7.32. The molecule has 1 aromatic heterocycles. The van der Waals surface area contributed by atoms with Crippen molar-refractivity contribution >= 4 is 35.8 Å². The average Bonchev–Trinajstić information content (AvgIpc) is 3.19. The Kier molecular flexibility index (Phi) is 5.11. The number of carbonyl (C=O) groups is 2. The Balaban J connectivity index is 0.00000196. The van der Waals surface area contributed by atoms with Crippen molar-refractivity contribution in [2.45, 2.75) is 6.42 Å². The molecule has 0 saturated heterocycles. The number of fused-ring (bicyclic) bond motifs is 1. The number of carbonyl (C=O) groups excluding carboxylic acids is 2. The number of H-pyrrole nitrogens is 1. The van der Waals surface area contributed by atoms with Crippen molar-refractivity contribution in [2.75, 3.05) is 6.54 Å². The highest BCUT2D eigenvalue weighted by atomic mass is 35.5. The number of amides is 2. The van der Waals surface area contributed by atoms with Gasteiger partial charge in [0.1, 0.15) is 5.82 Å². The molecule has 0 unspecified atom stereocenters. The minimum atomic E-state index is -0.238. The summed E-state index contributed by atoms with van der Waals surface area (Å²) in [6.07, 6.45) is 2.24. The van der Waals surface area contributed by atoms with Gasteiger partial charge in [0, 0.05) is 35.4 Å². The lowest BCUT2D eigenvalue weighted by atomic mass is 10.1. The number of halogens is 2. The zero-order valence-electron chi connectivity index (χ0n) is 13.6. The largest absolute Gasteiger partial charge is 0.342 e. The average molecular weight is 388 g/mol. The van der Waals surface area contributed by atoms with Crippen molar-refractivity contribution in [1.29, 1.82) is 0 Å². The van der Waals surface area contributed by atoms with E-state index in [0.29, 0.717) is 29.1 Å². The van der Waals surface area contributed by atoms with Crippen molar-refractivity contribution in [2.24, 2.45) is 0 Å². The van der Waals surface area contributed by atoms with E-state index in [1.807, 2.05) is 12.1 Å². The summed E-state index contributed by atoms with van der Waals surface area (Å²) in [5, 5.41) is 0.668. The van der Waals surface area contributed by atoms with E-state index in [9.17, 15) is 9.59 Å². The highest BCUT2D eigenvalue weighted by Crippen LogP contribution is 2.23. The highest BCUT2D eigenvalue weighted by molar-refractivity contribution is 6.30. The zero-order chi connectivity index (χ0) is 17.4. The molecule has 132 valence electrons. The molecule has 0 bridgehead atoms. The van der Waals surface area contributed by atoms with Crippen molar-refractivity contribution in [3.63, 3.8) is 0 Å². The first-order chi connectivity index (χ1) is 12.1. The summed E-state index contributed by atoms with van der Waals surface area (Å²) in [7, 11) is 0. The molecule has 2 heterocycles. The lowest BCUT2D eigenvalue weighted by Gasteiger charge is -2.12. The molecule has 2 amide bonds. The van der Waals surface area contributed by atoms with Gasteiger partial charge in [-0.25, -0.2) is 4.98 Å². The molecule has 1 aliphatic rings. The van der Waals surface area contributed by atoms with Crippen LogP contribution in [0.3, 0.4) is 0 Å². The van der Waals surface area contributed by atoms with Gasteiger partial charge in [-0.3, -0.25) is 14.5 Å². The summed E-state index contributed by atoms with van der Waals surface area (Å²) in [6, 6.07) is 14.3. The van der Waals surface area contributed by atoms with Crippen LogP contribution in [-0.4, -0.2) is 33.2 Å². The third-order valence-corrected chi connectivity index (χ3v) is 4.48. The number of imide groups is 1. The molecular formula is C19H15Cl2N3O2. The molecular weight excluding hydrogens is 373 g/mol. The van der Waals surface area contributed by atoms with Crippen LogP contribution in [0.5, 0.6) is 0 Å². The molecule has 7 heteroatoms. The van der Waals surface area contributed by atoms with E-state index < -0.39 is 0 Å². The SMILES string of the molecule is Cl.O=C1c2ccccc2C(=O)N1CCc1cnc(-c2ccc(Cl)cc2)[nH]1. The Morgan fingerprint density at radius 3 is 2.19 bits per heavy atom. The first-order valence-electron chi connectivity index (χ1n) is 7.88. The van der Waals surface area contributed by atoms with Crippen LogP contribution in [0.2, 0.25) is 5.02 Å². The topological polar surface area (TPSA) is 66.1 Å². The van der Waals surface area contributed by atoms with Gasteiger partial charge < -0.3 is 4.98 Å². The summed E-state index contributed by atoms with van der Waals surface area (Å²) in [5.41, 5.74) is 2.73. The Morgan fingerprint density at radius 2 is 1.58 bits per heavy atom. The molecule has 1 aliphatic heterocycles. The highest BCUT2D eigenvalue weighted by Gasteiger charge is 2.34. The standard InChI is InChI=1S/C19H14ClN3O2.ClH/c20-13-7-5-12(6-8-13)17-21-11-14(22-17)9-10-23-18(24)15-3-1-2-4-16(15)19(23)25;/h1-8,11H,9-10H2,(H,21,22);1H. The molecule has 0 saturated carbocycles. The lowest BCUT2D eigenvalue weighted by molar-refractivity contribution is 0.0656. The molecule has 1 N–H and O–H groups in total. The number of hydrogen-bond acceptors (Lipinski definition) is 3. The lowest BCUT2D eigenvalue weighted by Crippen LogP contribution is -2.31. The molecule has 2 aromatic carbocycles. The van der Waals surface area contributed by atoms with Gasteiger partial charge in [-0.1, -0.05) is 23.7 Å². The van der Waals surface area contributed by atoms with Gasteiger partial charge in [0.2, 0.25) is 0 Å². The Labute approximate surface area is 161 Å². The van der Waals surface area contributed by atoms with Crippen LogP contribution in [0.4, 0.5) is 0 Å². The number of aromatic nitrogens is 2. The Hall–Kier alpha value is -2.63. The van der Waals surface area contributed by atoms with E-state index >= 15 is 0 Å². The molecule has 3 aromatic rings. The molecule has 5 nitrogen and oxygen atoms in total. The number of rotatable bonds is 4. The van der Waals surface area contributed by atoms with E-state index in [1.54, 1.807) is 42.6 Å². The fourth-order valence-corrected chi connectivity index (χ4v) is 3.04. The van der Waals surface area contributed by atoms with Gasteiger partial charge >= 0.3 is 0 Å². The maximum Gasteiger partial charge on any atom is 0.261 e. The number of aromatic amines is 1. The second-order valence-corrected chi connectivity index (χ2v) is 6.26. The van der Waals surface area contributed by atoms with Crippen molar-refractivity contribution in [1.82, 2.24) is 14.9 Å². The quantitative estimate of drug-likeness (QED) is 0.688. The zero-order valence-corrected chi connectivity index (χ0v) is 15.2. The molecule has 0 fully saturated rings. The monoisotopic (exact) mass is 387 g/mol. The van der Waals surface area contributed by atoms with E-state index in [2.05, 4.69) is 9.97 Å². The predicted molar refractivity (Wildman–Crippen MR) is 102 cm³/mol. The van der Waals surface area contributed by atoms with Crippen molar-refractivity contribution in [3.8, 4) is 11.4 Å². The van der Waals surface area contributed by atoms with E-state index in [1.165, 1.54) is 4.90 Å². The molecule has 0 spiro atoms. The molecule has 26 heavy (non-hydrogen) atoms. The van der Waals surface area contributed by atoms with E-state index in [-0.39, 0.29) is 24.2 Å². The van der Waals surface area contributed by atoms with Gasteiger partial charge in [-0.2, -0.15) is 0 Å². The summed E-state index contributed by atoms with van der Waals surface area (Å²) in [5.74, 6) is 0.255. The van der Waals surface area contributed by atoms with E-state index in [0.717, 1.165) is 17.1 Å². The number of nitrogens with one attached hydrogen (secondary N) is 1. The van der Waals surface area contributed by atoms with Crippen LogP contribution in [0.25, 0.3) is 11.4 Å². The van der Waals surface area contributed by atoms with E-state index in [4.69, 9.17) is 11.6 Å². The minimum absolute atomic E-state index is 0. The van der Waals surface area contributed by atoms with Crippen molar-refractivity contribution in [3.05, 3.63) is 76.6 Å². The van der Waals surface area contributed by atoms with Crippen LogP contribution in [0.1, 0.15) is 26.4 Å². The van der Waals surface area contributed by atoms with Gasteiger partial charge in [0.25, 0.3) is 11.8 Å². The third kappa shape index (κ3) is 3.23. The fourth-order valence-electron chi connectivity index (χ4n) is 2.92. The molecule has 0 radical (unpaired) electrons. The predicted octanol–water partition coefficient (Wildman–Crippen LogP) is 3.99. The fraction of sp³-hybridized carbons (Fsp3) is 0.105. The van der Waals surface area contributed by atoms with Crippen LogP contribution in [-0.2, 0) is 6.42 Å². The maximum atomic E-state index is 12.4. The maximum absolute atomic E-state index is 12.4. The van der Waals surface area contributed by atoms with Crippen LogP contribution in [0, 0.1) is 0 Å². The smallest absolute Gasteiger partial charge is 0.261 e. The van der Waals surface area contributed by atoms with Gasteiger partial charge in [0.15, 0.2) is 0 Å². The van der Waals surface area contributed by atoms with Crippen LogP contribution in [0.15, 0.2) is 54.7 Å². The van der Waals surface area contributed by atoms with Crippen molar-refractivity contribution < 1.29 is 9.59 Å². The Morgan fingerprint density at radius 1 is 0.962 bits per heavy atom. The van der Waals surface area contributed by atoms with Gasteiger partial charge in [0.05, 0.1) is 11.1 Å². The summed E-state index contributed by atoms with van der Waals surface area (Å²) in [4.78, 5) is 33.6. The third-order valence-electron chi connectivity index (χ3n) is 4.23. The normalized spacial score (nSPS) is 12.9. The minimum Gasteiger partial charge on any atom is -0.342 e. The van der Waals surface area contributed by atoms with Gasteiger partial charge in [-0.15, -0.1) is 12.4 Å². The summed E-state index contributed by atoms with van der Waals surface area (Å²) in [6.45, 7) is 0.314. The molecule has 0 aliphatic carbocycles. The first-order valence-corrected chi connectivity index (χ1v) is 8.26. The number of benzene rings is 2. The number of nitrogens with zero attached hydrogens (tertiary/aromatic N) is 2. The molecule has 4 rings (SSSR count). The second-order valence-electron chi connectivity index (χ2n) is 5.82. The summed E-state index contributed by atoms with van der Waals surface area (Å²) < 4.78 is 0.